The SMILES string of the molecule is CN(C)CC(=O)N1CCC[C@H](N2C=C(c3cnn4ccccc34)N(C)C2)C1. The fraction of sp³-hybridized carbons (Fsp3) is 0.500. The maximum atomic E-state index is 12.5. The molecule has 0 aromatic carbocycles. The highest BCUT2D eigenvalue weighted by molar-refractivity contribution is 5.79. The van der Waals surface area contributed by atoms with Crippen LogP contribution in [0, 0.1) is 0 Å². The van der Waals surface area contributed by atoms with Crippen LogP contribution >= 0.6 is 0 Å². The number of piperidine rings is 1. The maximum absolute atomic E-state index is 12.5. The average molecular weight is 368 g/mol. The topological polar surface area (TPSA) is 47.3 Å². The summed E-state index contributed by atoms with van der Waals surface area (Å²) >= 11 is 0. The lowest BCUT2D eigenvalue weighted by atomic mass is 10.0. The van der Waals surface area contributed by atoms with Crippen LogP contribution in [0.4, 0.5) is 0 Å². The van der Waals surface area contributed by atoms with Gasteiger partial charge in [0.05, 0.1) is 30.6 Å². The molecule has 7 nitrogen and oxygen atoms in total. The van der Waals surface area contributed by atoms with Gasteiger partial charge in [-0.2, -0.15) is 5.10 Å². The quantitative estimate of drug-likeness (QED) is 0.816. The molecule has 27 heavy (non-hydrogen) atoms. The monoisotopic (exact) mass is 368 g/mol. The number of nitrogens with zero attached hydrogens (tertiary/aromatic N) is 6. The predicted molar refractivity (Wildman–Crippen MR) is 106 cm³/mol. The molecule has 0 N–H and O–H groups in total. The Morgan fingerprint density at radius 3 is 3.00 bits per heavy atom. The van der Waals surface area contributed by atoms with Crippen molar-refractivity contribution in [2.24, 2.45) is 0 Å². The molecule has 0 bridgehead atoms. The van der Waals surface area contributed by atoms with Gasteiger partial charge in [-0.1, -0.05) is 6.07 Å². The van der Waals surface area contributed by atoms with Crippen LogP contribution in [-0.2, 0) is 4.79 Å². The van der Waals surface area contributed by atoms with Crippen molar-refractivity contribution in [3.05, 3.63) is 42.4 Å². The van der Waals surface area contributed by atoms with Gasteiger partial charge in [-0.05, 0) is 39.1 Å². The number of likely N-dealkylation sites (tertiary alicyclic amines) is 1. The highest BCUT2D eigenvalue weighted by Gasteiger charge is 2.31. The van der Waals surface area contributed by atoms with Crippen LogP contribution in [-0.4, -0.2) is 88.6 Å². The van der Waals surface area contributed by atoms with Crippen molar-refractivity contribution in [3.8, 4) is 0 Å². The van der Waals surface area contributed by atoms with E-state index in [0.717, 1.165) is 43.7 Å². The van der Waals surface area contributed by atoms with E-state index in [1.54, 1.807) is 0 Å². The number of aromatic nitrogens is 2. The first-order valence-corrected chi connectivity index (χ1v) is 9.57. The molecule has 4 heterocycles. The number of carbonyl (C=O) groups excluding carboxylic acids is 1. The zero-order valence-corrected chi connectivity index (χ0v) is 16.4. The normalized spacial score (nSPS) is 20.7. The van der Waals surface area contributed by atoms with Gasteiger partial charge in [0.1, 0.15) is 0 Å². The molecular weight excluding hydrogens is 340 g/mol. The molecule has 0 radical (unpaired) electrons. The zero-order chi connectivity index (χ0) is 19.0. The second kappa shape index (κ2) is 7.23. The standard InChI is InChI=1S/C20H28N6O/c1-22(2)14-20(27)24-9-6-7-16(12-24)25-13-19(23(3)15-25)17-11-21-26-10-5-4-8-18(17)26/h4-5,8,10-11,13,16H,6-7,9,12,14-15H2,1-3H3/t16-/m0/s1. The lowest BCUT2D eigenvalue weighted by Crippen LogP contribution is -2.50. The van der Waals surface area contributed by atoms with Crippen LogP contribution in [0.2, 0.25) is 0 Å². The van der Waals surface area contributed by atoms with E-state index in [1.807, 2.05) is 52.9 Å². The fourth-order valence-corrected chi connectivity index (χ4v) is 4.07. The highest BCUT2D eigenvalue weighted by atomic mass is 16.2. The molecule has 4 rings (SSSR count). The lowest BCUT2D eigenvalue weighted by Gasteiger charge is -2.38. The molecule has 2 aromatic rings. The first-order chi connectivity index (χ1) is 13.0. The predicted octanol–water partition coefficient (Wildman–Crippen LogP) is 1.39. The molecule has 2 aliphatic heterocycles. The number of pyridine rings is 1. The number of amides is 1. The minimum Gasteiger partial charge on any atom is -0.355 e. The summed E-state index contributed by atoms with van der Waals surface area (Å²) in [6, 6.07) is 6.50. The number of carbonyl (C=O) groups is 1. The third kappa shape index (κ3) is 3.51. The van der Waals surface area contributed by atoms with E-state index in [0.29, 0.717) is 12.6 Å². The third-order valence-corrected chi connectivity index (χ3v) is 5.45. The van der Waals surface area contributed by atoms with Gasteiger partial charge in [-0.15, -0.1) is 0 Å². The Morgan fingerprint density at radius 2 is 2.19 bits per heavy atom. The summed E-state index contributed by atoms with van der Waals surface area (Å²) < 4.78 is 1.91. The van der Waals surface area contributed by atoms with E-state index >= 15 is 0 Å². The van der Waals surface area contributed by atoms with E-state index < -0.39 is 0 Å². The van der Waals surface area contributed by atoms with E-state index in [9.17, 15) is 4.79 Å². The van der Waals surface area contributed by atoms with Crippen molar-refractivity contribution in [2.75, 3.05) is 47.4 Å². The van der Waals surface area contributed by atoms with E-state index in [4.69, 9.17) is 0 Å². The van der Waals surface area contributed by atoms with Crippen LogP contribution in [0.3, 0.4) is 0 Å². The Morgan fingerprint density at radius 1 is 1.33 bits per heavy atom. The minimum absolute atomic E-state index is 0.226. The zero-order valence-electron chi connectivity index (χ0n) is 16.4. The summed E-state index contributed by atoms with van der Waals surface area (Å²) in [7, 11) is 6.01. The molecule has 0 aliphatic carbocycles. The molecule has 0 spiro atoms. The maximum Gasteiger partial charge on any atom is 0.236 e. The van der Waals surface area contributed by atoms with Gasteiger partial charge in [-0.3, -0.25) is 4.79 Å². The molecule has 7 heteroatoms. The van der Waals surface area contributed by atoms with Gasteiger partial charge in [-0.25, -0.2) is 4.52 Å². The Balaban J connectivity index is 1.52. The molecule has 0 saturated carbocycles. The summed E-state index contributed by atoms with van der Waals surface area (Å²) in [5, 5.41) is 4.47. The van der Waals surface area contributed by atoms with Crippen molar-refractivity contribution >= 4 is 17.1 Å². The van der Waals surface area contributed by atoms with Crippen LogP contribution in [0.5, 0.6) is 0 Å². The van der Waals surface area contributed by atoms with Gasteiger partial charge >= 0.3 is 0 Å². The summed E-state index contributed by atoms with van der Waals surface area (Å²) in [5.41, 5.74) is 3.45. The summed E-state index contributed by atoms with van der Waals surface area (Å²) in [6.07, 6.45) is 8.34. The van der Waals surface area contributed by atoms with E-state index in [2.05, 4.69) is 34.2 Å². The number of hydrogen-bond acceptors (Lipinski definition) is 5. The van der Waals surface area contributed by atoms with Gasteiger partial charge < -0.3 is 19.6 Å². The first-order valence-electron chi connectivity index (χ1n) is 9.57. The Kier molecular flexibility index (Phi) is 4.78. The van der Waals surface area contributed by atoms with E-state index in [1.165, 1.54) is 5.70 Å². The van der Waals surface area contributed by atoms with Crippen molar-refractivity contribution in [1.29, 1.82) is 0 Å². The molecule has 2 aliphatic rings. The Hall–Kier alpha value is -2.54. The molecule has 1 atom stereocenters. The molecule has 0 unspecified atom stereocenters. The van der Waals surface area contributed by atoms with Crippen molar-refractivity contribution < 1.29 is 4.79 Å². The van der Waals surface area contributed by atoms with Crippen LogP contribution in [0.25, 0.3) is 11.2 Å². The number of fused-ring (bicyclic) bond motifs is 1. The average Bonchev–Trinajstić information content (AvgIpc) is 3.24. The van der Waals surface area contributed by atoms with Crippen LogP contribution < -0.4 is 0 Å². The largest absolute Gasteiger partial charge is 0.355 e. The second-order valence-corrected chi connectivity index (χ2v) is 7.83. The molecule has 2 aromatic heterocycles. The Bertz CT molecular complexity index is 857. The van der Waals surface area contributed by atoms with Crippen molar-refractivity contribution in [2.45, 2.75) is 18.9 Å². The van der Waals surface area contributed by atoms with Gasteiger partial charge in [0.15, 0.2) is 0 Å². The first kappa shape index (κ1) is 17.9. The van der Waals surface area contributed by atoms with Crippen LogP contribution in [0.1, 0.15) is 18.4 Å². The smallest absolute Gasteiger partial charge is 0.236 e. The molecule has 1 amide bonds. The van der Waals surface area contributed by atoms with Crippen molar-refractivity contribution in [1.82, 2.24) is 29.2 Å². The van der Waals surface area contributed by atoms with Crippen molar-refractivity contribution in [3.63, 3.8) is 0 Å². The Labute approximate surface area is 160 Å². The number of likely N-dealkylation sites (N-methyl/N-ethyl adjacent to an activating group) is 1. The third-order valence-electron chi connectivity index (χ3n) is 5.45. The lowest BCUT2D eigenvalue weighted by molar-refractivity contribution is -0.133. The second-order valence-electron chi connectivity index (χ2n) is 7.83. The minimum atomic E-state index is 0.226. The molecule has 1 fully saturated rings. The number of hydrogen-bond donors (Lipinski definition) is 0. The molecular formula is C20H28N6O. The van der Waals surface area contributed by atoms with Gasteiger partial charge in [0, 0.05) is 44.1 Å². The number of rotatable bonds is 4. The summed E-state index contributed by atoms with van der Waals surface area (Å²) in [5.74, 6) is 0.226. The highest BCUT2D eigenvalue weighted by Crippen LogP contribution is 2.30. The van der Waals surface area contributed by atoms with E-state index in [-0.39, 0.29) is 5.91 Å². The van der Waals surface area contributed by atoms with Crippen LogP contribution in [0.15, 0.2) is 36.8 Å². The molecule has 1 saturated heterocycles. The van der Waals surface area contributed by atoms with Gasteiger partial charge in [0.2, 0.25) is 5.91 Å². The molecule has 144 valence electrons. The summed E-state index contributed by atoms with van der Waals surface area (Å²) in [6.45, 7) is 3.01. The summed E-state index contributed by atoms with van der Waals surface area (Å²) in [4.78, 5) is 21.1. The fourth-order valence-electron chi connectivity index (χ4n) is 4.07. The van der Waals surface area contributed by atoms with Gasteiger partial charge in [0.25, 0.3) is 0 Å².